The van der Waals surface area contributed by atoms with Crippen LogP contribution < -0.4 is 5.32 Å². The molecule has 4 nitrogen and oxygen atoms in total. The van der Waals surface area contributed by atoms with E-state index in [4.69, 9.17) is 21.1 Å². The van der Waals surface area contributed by atoms with E-state index in [9.17, 15) is 4.79 Å². The summed E-state index contributed by atoms with van der Waals surface area (Å²) in [5.41, 5.74) is 1.42. The summed E-state index contributed by atoms with van der Waals surface area (Å²) in [6.07, 6.45) is 2.49. The molecular formula is C15H18ClNO3S. The van der Waals surface area contributed by atoms with Crippen LogP contribution in [0.1, 0.15) is 22.5 Å². The van der Waals surface area contributed by atoms with Gasteiger partial charge in [-0.2, -0.15) is 11.8 Å². The van der Waals surface area contributed by atoms with Crippen molar-refractivity contribution in [2.24, 2.45) is 0 Å². The Balaban J connectivity index is 2.24. The van der Waals surface area contributed by atoms with Crippen LogP contribution in [0.2, 0.25) is 5.02 Å². The van der Waals surface area contributed by atoms with Crippen LogP contribution in [0.25, 0.3) is 11.0 Å². The molecule has 1 aromatic heterocycles. The molecule has 0 fully saturated rings. The van der Waals surface area contributed by atoms with Crippen molar-refractivity contribution in [2.45, 2.75) is 19.4 Å². The lowest BCUT2D eigenvalue weighted by molar-refractivity contribution is 0.0908. The molecule has 0 spiro atoms. The van der Waals surface area contributed by atoms with Crippen LogP contribution in [-0.4, -0.2) is 35.7 Å². The van der Waals surface area contributed by atoms with E-state index in [1.165, 1.54) is 0 Å². The molecule has 0 saturated carbocycles. The fourth-order valence-electron chi connectivity index (χ4n) is 2.21. The Hall–Kier alpha value is -1.17. The van der Waals surface area contributed by atoms with E-state index >= 15 is 0 Å². The molecule has 1 heterocycles. The molecule has 6 heteroatoms. The van der Waals surface area contributed by atoms with Crippen molar-refractivity contribution >= 4 is 40.2 Å². The van der Waals surface area contributed by atoms with Gasteiger partial charge in [-0.15, -0.1) is 0 Å². The number of carbonyl (C=O) groups is 1. The lowest BCUT2D eigenvalue weighted by Gasteiger charge is -2.15. The monoisotopic (exact) mass is 327 g/mol. The number of aryl methyl sites for hydroxylation is 1. The number of hydrogen-bond donors (Lipinski definition) is 2. The summed E-state index contributed by atoms with van der Waals surface area (Å²) in [5.74, 6) is 0.792. The first-order valence-corrected chi connectivity index (χ1v) is 8.43. The van der Waals surface area contributed by atoms with Gasteiger partial charge >= 0.3 is 0 Å². The van der Waals surface area contributed by atoms with Crippen molar-refractivity contribution in [1.29, 1.82) is 0 Å². The van der Waals surface area contributed by atoms with E-state index in [2.05, 4.69) is 5.32 Å². The molecule has 21 heavy (non-hydrogen) atoms. The third kappa shape index (κ3) is 3.73. The van der Waals surface area contributed by atoms with Gasteiger partial charge in [0.1, 0.15) is 5.58 Å². The lowest BCUT2D eigenvalue weighted by atomic mass is 10.1. The summed E-state index contributed by atoms with van der Waals surface area (Å²) in [4.78, 5) is 12.4. The first-order valence-electron chi connectivity index (χ1n) is 6.66. The molecule has 1 atom stereocenters. The van der Waals surface area contributed by atoms with Crippen molar-refractivity contribution in [3.63, 3.8) is 0 Å². The summed E-state index contributed by atoms with van der Waals surface area (Å²) in [6, 6.07) is 5.21. The minimum Gasteiger partial charge on any atom is -0.451 e. The molecule has 1 unspecified atom stereocenters. The van der Waals surface area contributed by atoms with Crippen molar-refractivity contribution in [3.8, 4) is 0 Å². The number of nitrogens with one attached hydrogen (secondary N) is 1. The van der Waals surface area contributed by atoms with Crippen molar-refractivity contribution in [2.75, 3.05) is 18.6 Å². The fourth-order valence-corrected chi connectivity index (χ4v) is 3.04. The average molecular weight is 328 g/mol. The summed E-state index contributed by atoms with van der Waals surface area (Å²) >= 11 is 7.60. The zero-order valence-corrected chi connectivity index (χ0v) is 13.6. The van der Waals surface area contributed by atoms with Crippen LogP contribution >= 0.6 is 23.4 Å². The quantitative estimate of drug-likeness (QED) is 0.855. The maximum atomic E-state index is 12.4. The maximum absolute atomic E-state index is 12.4. The molecular weight excluding hydrogens is 310 g/mol. The number of aliphatic hydroxyl groups excluding tert-OH is 1. The van der Waals surface area contributed by atoms with Gasteiger partial charge in [-0.3, -0.25) is 4.79 Å². The number of hydrogen-bond acceptors (Lipinski definition) is 4. The number of fused-ring (bicyclic) bond motifs is 1. The van der Waals surface area contributed by atoms with Gasteiger partial charge in [0.2, 0.25) is 0 Å². The number of carbonyl (C=O) groups excluding carboxylic acids is 1. The van der Waals surface area contributed by atoms with Gasteiger partial charge in [0.15, 0.2) is 5.76 Å². The van der Waals surface area contributed by atoms with E-state index < -0.39 is 0 Å². The van der Waals surface area contributed by atoms with Gasteiger partial charge in [-0.1, -0.05) is 11.6 Å². The highest BCUT2D eigenvalue weighted by Gasteiger charge is 2.20. The number of halogens is 1. The number of aliphatic hydroxyl groups is 1. The molecule has 0 aliphatic heterocycles. The number of thioether (sulfide) groups is 1. The molecule has 0 bridgehead atoms. The van der Waals surface area contributed by atoms with E-state index in [0.29, 0.717) is 22.8 Å². The minimum absolute atomic E-state index is 0.0419. The van der Waals surface area contributed by atoms with E-state index in [1.54, 1.807) is 30.0 Å². The SMILES string of the molecule is CSCC(CCO)NC(=O)c1oc2ccc(Cl)cc2c1C. The molecule has 114 valence electrons. The molecule has 0 aliphatic rings. The maximum Gasteiger partial charge on any atom is 0.287 e. The van der Waals surface area contributed by atoms with Gasteiger partial charge < -0.3 is 14.8 Å². The fraction of sp³-hybridized carbons (Fsp3) is 0.400. The Bertz CT molecular complexity index is 635. The third-order valence-electron chi connectivity index (χ3n) is 3.29. The Morgan fingerprint density at radius 3 is 2.95 bits per heavy atom. The van der Waals surface area contributed by atoms with Crippen LogP contribution in [0.4, 0.5) is 0 Å². The van der Waals surface area contributed by atoms with Crippen LogP contribution in [-0.2, 0) is 0 Å². The zero-order valence-electron chi connectivity index (χ0n) is 12.0. The van der Waals surface area contributed by atoms with E-state index in [-0.39, 0.29) is 18.6 Å². The zero-order chi connectivity index (χ0) is 15.4. The second-order valence-electron chi connectivity index (χ2n) is 4.83. The van der Waals surface area contributed by atoms with E-state index in [0.717, 1.165) is 16.7 Å². The molecule has 0 radical (unpaired) electrons. The minimum atomic E-state index is -0.257. The smallest absolute Gasteiger partial charge is 0.287 e. The highest BCUT2D eigenvalue weighted by molar-refractivity contribution is 7.98. The van der Waals surface area contributed by atoms with Crippen LogP contribution in [0, 0.1) is 6.92 Å². The lowest BCUT2D eigenvalue weighted by Crippen LogP contribution is -2.37. The van der Waals surface area contributed by atoms with Gasteiger partial charge in [-0.25, -0.2) is 0 Å². The van der Waals surface area contributed by atoms with Gasteiger partial charge in [0.05, 0.1) is 0 Å². The highest BCUT2D eigenvalue weighted by atomic mass is 35.5. The number of benzene rings is 1. The first-order chi connectivity index (χ1) is 10.1. The second kappa shape index (κ2) is 7.20. The molecule has 0 saturated heterocycles. The summed E-state index contributed by atoms with van der Waals surface area (Å²) < 4.78 is 5.63. The molecule has 2 rings (SSSR count). The van der Waals surface area contributed by atoms with Crippen molar-refractivity contribution in [3.05, 3.63) is 34.5 Å². The van der Waals surface area contributed by atoms with Crippen LogP contribution in [0.15, 0.2) is 22.6 Å². The van der Waals surface area contributed by atoms with Crippen LogP contribution in [0.3, 0.4) is 0 Å². The normalized spacial score (nSPS) is 12.6. The molecule has 2 N–H and O–H groups in total. The predicted molar refractivity (Wildman–Crippen MR) is 87.3 cm³/mol. The predicted octanol–water partition coefficient (Wildman–Crippen LogP) is 3.24. The number of furan rings is 1. The number of rotatable bonds is 6. The Labute approximate surface area is 132 Å². The second-order valence-corrected chi connectivity index (χ2v) is 6.18. The average Bonchev–Trinajstić information content (AvgIpc) is 2.77. The highest BCUT2D eigenvalue weighted by Crippen LogP contribution is 2.27. The van der Waals surface area contributed by atoms with Crippen molar-refractivity contribution in [1.82, 2.24) is 5.32 Å². The topological polar surface area (TPSA) is 62.5 Å². The van der Waals surface area contributed by atoms with Gasteiger partial charge in [-0.05, 0) is 37.8 Å². The molecule has 1 amide bonds. The Morgan fingerprint density at radius 2 is 2.29 bits per heavy atom. The summed E-state index contributed by atoms with van der Waals surface area (Å²) in [7, 11) is 0. The molecule has 0 aliphatic carbocycles. The molecule has 2 aromatic rings. The molecule has 1 aromatic carbocycles. The van der Waals surface area contributed by atoms with Crippen LogP contribution in [0.5, 0.6) is 0 Å². The Kier molecular flexibility index (Phi) is 5.56. The summed E-state index contributed by atoms with van der Waals surface area (Å²) in [5, 5.41) is 13.4. The first kappa shape index (κ1) is 16.2. The standard InChI is InChI=1S/C15H18ClNO3S/c1-9-12-7-10(16)3-4-13(12)20-14(9)15(19)17-11(5-6-18)8-21-2/h3-4,7,11,18H,5-6,8H2,1-2H3,(H,17,19). The largest absolute Gasteiger partial charge is 0.451 e. The Morgan fingerprint density at radius 1 is 1.52 bits per heavy atom. The number of amides is 1. The van der Waals surface area contributed by atoms with Crippen molar-refractivity contribution < 1.29 is 14.3 Å². The van der Waals surface area contributed by atoms with E-state index in [1.807, 2.05) is 13.2 Å². The summed E-state index contributed by atoms with van der Waals surface area (Å²) in [6.45, 7) is 1.88. The third-order valence-corrected chi connectivity index (χ3v) is 4.26. The van der Waals surface area contributed by atoms with Gasteiger partial charge in [0, 0.05) is 34.4 Å². The van der Waals surface area contributed by atoms with Gasteiger partial charge in [0.25, 0.3) is 5.91 Å².